The van der Waals surface area contributed by atoms with Crippen LogP contribution in [0.5, 0.6) is 5.88 Å². The highest BCUT2D eigenvalue weighted by Gasteiger charge is 2.30. The Labute approximate surface area is 185 Å². The lowest BCUT2D eigenvalue weighted by Gasteiger charge is -2.17. The minimum absolute atomic E-state index is 0.0276. The van der Waals surface area contributed by atoms with Crippen molar-refractivity contribution in [2.75, 3.05) is 5.75 Å². The number of thioether (sulfide) groups is 1. The number of hydrogen-bond acceptors (Lipinski definition) is 5. The number of carboxylic acids is 1. The number of carbonyl (C=O) groups is 1. The van der Waals surface area contributed by atoms with Crippen LogP contribution in [0, 0.1) is 13.8 Å². The molecule has 0 fully saturated rings. The zero-order valence-electron chi connectivity index (χ0n) is 17.6. The van der Waals surface area contributed by atoms with Crippen LogP contribution >= 0.6 is 11.8 Å². The molecule has 158 valence electrons. The van der Waals surface area contributed by atoms with Gasteiger partial charge in [0.2, 0.25) is 5.88 Å². The monoisotopic (exact) mass is 432 g/mol. The maximum Gasteiger partial charge on any atom is 0.303 e. The minimum atomic E-state index is -0.767. The molecule has 0 saturated carbocycles. The molecule has 1 N–H and O–H groups in total. The van der Waals surface area contributed by atoms with Gasteiger partial charge < -0.3 is 9.84 Å². The second-order valence-corrected chi connectivity index (χ2v) is 9.33. The molecule has 2 atom stereocenters. The molecule has 0 amide bonds. The molecule has 1 aliphatic carbocycles. The van der Waals surface area contributed by atoms with Crippen molar-refractivity contribution in [2.45, 2.75) is 50.0 Å². The fourth-order valence-electron chi connectivity index (χ4n) is 4.81. The third kappa shape index (κ3) is 3.69. The molecule has 3 aromatic rings. The van der Waals surface area contributed by atoms with Gasteiger partial charge in [0.25, 0.3) is 0 Å². The van der Waals surface area contributed by atoms with Crippen LogP contribution in [0.4, 0.5) is 0 Å². The van der Waals surface area contributed by atoms with Crippen molar-refractivity contribution in [3.63, 3.8) is 0 Å². The van der Waals surface area contributed by atoms with Gasteiger partial charge >= 0.3 is 5.97 Å². The van der Waals surface area contributed by atoms with Crippen molar-refractivity contribution in [1.29, 1.82) is 0 Å². The fraction of sp³-hybridized carbons (Fsp3) is 0.320. The first-order valence-electron chi connectivity index (χ1n) is 10.6. The van der Waals surface area contributed by atoms with E-state index in [-0.39, 0.29) is 18.4 Å². The predicted molar refractivity (Wildman–Crippen MR) is 121 cm³/mol. The summed E-state index contributed by atoms with van der Waals surface area (Å²) in [6, 6.07) is 10.5. The van der Waals surface area contributed by atoms with Crippen molar-refractivity contribution in [1.82, 2.24) is 9.97 Å². The fourth-order valence-corrected chi connectivity index (χ4v) is 6.05. The topological polar surface area (TPSA) is 72.3 Å². The van der Waals surface area contributed by atoms with Crippen LogP contribution in [0.15, 0.2) is 47.6 Å². The first-order valence-corrected chi connectivity index (χ1v) is 11.6. The highest BCUT2D eigenvalue weighted by molar-refractivity contribution is 7.99. The number of aliphatic carboxylic acids is 1. The van der Waals surface area contributed by atoms with E-state index in [2.05, 4.69) is 48.1 Å². The number of nitrogens with zero attached hydrogens (tertiary/aromatic N) is 2. The van der Waals surface area contributed by atoms with Crippen molar-refractivity contribution >= 4 is 17.7 Å². The number of rotatable bonds is 5. The van der Waals surface area contributed by atoms with Gasteiger partial charge in [0.1, 0.15) is 6.10 Å². The van der Waals surface area contributed by atoms with Crippen LogP contribution in [0.1, 0.15) is 52.8 Å². The van der Waals surface area contributed by atoms with Crippen molar-refractivity contribution in [3.05, 3.63) is 70.7 Å². The van der Waals surface area contributed by atoms with Crippen LogP contribution in [-0.4, -0.2) is 26.8 Å². The van der Waals surface area contributed by atoms with E-state index in [1.165, 1.54) is 27.8 Å². The quantitative estimate of drug-likeness (QED) is 0.575. The lowest BCUT2D eigenvalue weighted by atomic mass is 9.93. The average molecular weight is 433 g/mol. The molecule has 0 saturated heterocycles. The van der Waals surface area contributed by atoms with Crippen LogP contribution in [0.3, 0.4) is 0 Å². The van der Waals surface area contributed by atoms with E-state index in [4.69, 9.17) is 9.84 Å². The number of benzene rings is 1. The minimum Gasteiger partial charge on any atom is -0.481 e. The average Bonchev–Trinajstić information content (AvgIpc) is 3.32. The van der Waals surface area contributed by atoms with E-state index in [9.17, 15) is 4.79 Å². The molecule has 5 rings (SSSR count). The highest BCUT2D eigenvalue weighted by atomic mass is 32.2. The van der Waals surface area contributed by atoms with Gasteiger partial charge in [-0.25, -0.2) is 4.98 Å². The van der Waals surface area contributed by atoms with E-state index in [1.54, 1.807) is 18.0 Å². The van der Waals surface area contributed by atoms with E-state index >= 15 is 0 Å². The molecule has 3 heterocycles. The zero-order valence-corrected chi connectivity index (χ0v) is 18.4. The molecular weight excluding hydrogens is 408 g/mol. The summed E-state index contributed by atoms with van der Waals surface area (Å²) in [5.41, 5.74) is 8.33. The van der Waals surface area contributed by atoms with Gasteiger partial charge in [0.05, 0.1) is 6.42 Å². The van der Waals surface area contributed by atoms with Crippen molar-refractivity contribution in [2.24, 2.45) is 0 Å². The molecule has 0 spiro atoms. The van der Waals surface area contributed by atoms with Gasteiger partial charge in [-0.2, -0.15) is 0 Å². The summed E-state index contributed by atoms with van der Waals surface area (Å²) in [7, 11) is 0. The molecule has 6 heteroatoms. The van der Waals surface area contributed by atoms with Gasteiger partial charge in [-0.05, 0) is 60.6 Å². The van der Waals surface area contributed by atoms with E-state index in [1.807, 2.05) is 12.3 Å². The summed E-state index contributed by atoms with van der Waals surface area (Å²) in [5, 5.41) is 9.12. The summed E-state index contributed by atoms with van der Waals surface area (Å²) < 4.78 is 6.34. The smallest absolute Gasteiger partial charge is 0.303 e. The number of aryl methyl sites for hydroxylation is 2. The molecular formula is C25H24N2O3S. The Bertz CT molecular complexity index is 1160. The van der Waals surface area contributed by atoms with Gasteiger partial charge in [-0.15, -0.1) is 11.8 Å². The summed E-state index contributed by atoms with van der Waals surface area (Å²) in [5.74, 6) is 0.655. The van der Waals surface area contributed by atoms with E-state index in [0.717, 1.165) is 34.7 Å². The number of pyridine rings is 2. The Morgan fingerprint density at radius 2 is 2.10 bits per heavy atom. The molecule has 2 aromatic heterocycles. The Morgan fingerprint density at radius 1 is 1.23 bits per heavy atom. The molecule has 2 unspecified atom stereocenters. The summed E-state index contributed by atoms with van der Waals surface area (Å²) >= 11 is 1.69. The van der Waals surface area contributed by atoms with E-state index in [0.29, 0.717) is 5.88 Å². The highest BCUT2D eigenvalue weighted by Crippen LogP contribution is 2.44. The predicted octanol–water partition coefficient (Wildman–Crippen LogP) is 5.49. The Hall–Kier alpha value is -2.86. The largest absolute Gasteiger partial charge is 0.481 e. The van der Waals surface area contributed by atoms with Gasteiger partial charge in [-0.1, -0.05) is 18.2 Å². The van der Waals surface area contributed by atoms with Gasteiger partial charge in [-0.3, -0.25) is 9.78 Å². The van der Waals surface area contributed by atoms with E-state index < -0.39 is 5.97 Å². The Morgan fingerprint density at radius 3 is 2.90 bits per heavy atom. The molecule has 2 aliphatic rings. The lowest BCUT2D eigenvalue weighted by Crippen LogP contribution is -2.07. The molecule has 1 aromatic carbocycles. The maximum atomic E-state index is 11.1. The Balaban J connectivity index is 1.42. The maximum absolute atomic E-state index is 11.1. The van der Waals surface area contributed by atoms with Gasteiger partial charge in [0, 0.05) is 46.3 Å². The van der Waals surface area contributed by atoms with Crippen LogP contribution < -0.4 is 4.74 Å². The summed E-state index contributed by atoms with van der Waals surface area (Å²) in [6.07, 6.45) is 5.66. The van der Waals surface area contributed by atoms with Gasteiger partial charge in [0.15, 0.2) is 0 Å². The van der Waals surface area contributed by atoms with Crippen LogP contribution in [0.2, 0.25) is 0 Å². The molecule has 5 nitrogen and oxygen atoms in total. The number of ether oxygens (including phenoxy) is 1. The molecule has 1 aliphatic heterocycles. The summed E-state index contributed by atoms with van der Waals surface area (Å²) in [6.45, 7) is 4.20. The normalized spacial score (nSPS) is 19.2. The lowest BCUT2D eigenvalue weighted by molar-refractivity contribution is -0.137. The molecule has 31 heavy (non-hydrogen) atoms. The molecule has 0 radical (unpaired) electrons. The number of aromatic nitrogens is 2. The number of carboxylic acid groups (broad SMARTS) is 1. The second-order valence-electron chi connectivity index (χ2n) is 8.27. The first-order chi connectivity index (χ1) is 15.0. The van der Waals surface area contributed by atoms with Crippen molar-refractivity contribution in [3.8, 4) is 17.0 Å². The third-order valence-electron chi connectivity index (χ3n) is 6.27. The van der Waals surface area contributed by atoms with Crippen LogP contribution in [-0.2, 0) is 11.2 Å². The SMILES string of the molecule is Cc1ccnc(C)c1-c1cccc2c1CCC2Oc1cc2c(cn1)C(CC(=O)O)CS2. The number of hydrogen-bond donors (Lipinski definition) is 1. The second kappa shape index (κ2) is 8.00. The zero-order chi connectivity index (χ0) is 21.5. The first kappa shape index (κ1) is 20.1. The van der Waals surface area contributed by atoms with Crippen LogP contribution in [0.25, 0.3) is 11.1 Å². The number of fused-ring (bicyclic) bond motifs is 2. The third-order valence-corrected chi connectivity index (χ3v) is 7.50. The standard InChI is InChI=1S/C25H24N2O3S/c1-14-8-9-26-15(2)25(14)19-5-3-4-18-17(19)6-7-21(18)30-23-11-22-20(12-27-23)16(13-31-22)10-24(28)29/h3-5,8-9,11-12,16,21H,6-7,10,13H2,1-2H3,(H,28,29). The van der Waals surface area contributed by atoms with Crippen molar-refractivity contribution < 1.29 is 14.6 Å². The summed E-state index contributed by atoms with van der Waals surface area (Å²) in [4.78, 5) is 21.2. The Kier molecular flexibility index (Phi) is 5.18. The molecule has 0 bridgehead atoms.